The van der Waals surface area contributed by atoms with E-state index >= 15 is 0 Å². The Hall–Kier alpha value is -1.12. The highest BCUT2D eigenvalue weighted by molar-refractivity contribution is 14.0. The van der Waals surface area contributed by atoms with Crippen molar-refractivity contribution in [2.75, 3.05) is 38.7 Å². The number of rotatable bonds is 9. The minimum atomic E-state index is -3.80. The number of thioether (sulfide) groups is 1. The summed E-state index contributed by atoms with van der Waals surface area (Å²) >= 11 is 1.70. The molecule has 9 nitrogen and oxygen atoms in total. The molecule has 1 aromatic carbocycles. The molecule has 0 aliphatic heterocycles. The molecular weight excluding hydrogens is 481 g/mol. The third kappa shape index (κ3) is 8.69. The fraction of sp³-hybridized carbons (Fsp3) is 0.462. The molecule has 0 radical (unpaired) electrons. The summed E-state index contributed by atoms with van der Waals surface area (Å²) in [5.74, 6) is 1.51. The Labute approximate surface area is 168 Å². The molecule has 0 fully saturated rings. The molecule has 1 aromatic rings. The number of nitro groups is 1. The first-order valence-corrected chi connectivity index (χ1v) is 9.96. The van der Waals surface area contributed by atoms with Crippen LogP contribution >= 0.6 is 35.7 Å². The summed E-state index contributed by atoms with van der Waals surface area (Å²) in [5.41, 5.74) is -0.269. The van der Waals surface area contributed by atoms with Crippen LogP contribution < -0.4 is 15.4 Å². The molecule has 0 aliphatic rings. The van der Waals surface area contributed by atoms with Crippen LogP contribution in [-0.4, -0.2) is 58.0 Å². The fourth-order valence-electron chi connectivity index (χ4n) is 1.71. The molecule has 0 atom stereocenters. The van der Waals surface area contributed by atoms with Gasteiger partial charge in [-0.05, 0) is 12.3 Å². The van der Waals surface area contributed by atoms with Gasteiger partial charge in [0.2, 0.25) is 10.0 Å². The third-order valence-corrected chi connectivity index (χ3v) is 4.94. The van der Waals surface area contributed by atoms with Crippen LogP contribution in [0.2, 0.25) is 0 Å². The smallest absolute Gasteiger partial charge is 0.270 e. The number of aliphatic imine (C=N–C) groups is 1. The van der Waals surface area contributed by atoms with Crippen molar-refractivity contribution >= 4 is 57.4 Å². The number of benzene rings is 1. The van der Waals surface area contributed by atoms with E-state index in [1.165, 1.54) is 18.2 Å². The zero-order valence-electron chi connectivity index (χ0n) is 13.9. The second-order valence-corrected chi connectivity index (χ2v) is 7.32. The molecule has 1 rings (SSSR count). The first-order valence-electron chi connectivity index (χ1n) is 7.08. The van der Waals surface area contributed by atoms with Crippen molar-refractivity contribution in [3.8, 4) is 0 Å². The normalized spacial score (nSPS) is 11.5. The minimum Gasteiger partial charge on any atom is -0.356 e. The molecule has 0 bridgehead atoms. The van der Waals surface area contributed by atoms with E-state index < -0.39 is 14.9 Å². The molecule has 142 valence electrons. The van der Waals surface area contributed by atoms with Crippen molar-refractivity contribution in [1.82, 2.24) is 15.4 Å². The summed E-state index contributed by atoms with van der Waals surface area (Å²) in [6, 6.07) is 4.91. The van der Waals surface area contributed by atoms with Crippen molar-refractivity contribution < 1.29 is 13.3 Å². The Morgan fingerprint density at radius 3 is 2.56 bits per heavy atom. The van der Waals surface area contributed by atoms with Crippen molar-refractivity contribution in [3.05, 3.63) is 34.4 Å². The quantitative estimate of drug-likeness (QED) is 0.115. The maximum absolute atomic E-state index is 12.1. The van der Waals surface area contributed by atoms with E-state index in [0.29, 0.717) is 12.5 Å². The van der Waals surface area contributed by atoms with Crippen LogP contribution in [0.4, 0.5) is 5.69 Å². The first-order chi connectivity index (χ1) is 11.4. The number of nitrogens with zero attached hydrogens (tertiary/aromatic N) is 2. The third-order valence-electron chi connectivity index (χ3n) is 2.87. The van der Waals surface area contributed by atoms with Gasteiger partial charge >= 0.3 is 0 Å². The van der Waals surface area contributed by atoms with Crippen LogP contribution in [0.15, 0.2) is 34.2 Å². The summed E-state index contributed by atoms with van der Waals surface area (Å²) in [4.78, 5) is 14.0. The average Bonchev–Trinajstić information content (AvgIpc) is 2.57. The number of nitro benzene ring substituents is 1. The number of nitrogens with one attached hydrogen (secondary N) is 3. The lowest BCUT2D eigenvalue weighted by atomic mass is 10.3. The van der Waals surface area contributed by atoms with Crippen molar-refractivity contribution in [2.45, 2.75) is 4.90 Å². The van der Waals surface area contributed by atoms with E-state index in [2.05, 4.69) is 20.3 Å². The molecule has 0 saturated carbocycles. The zero-order valence-corrected chi connectivity index (χ0v) is 17.9. The molecule has 3 N–H and O–H groups in total. The lowest BCUT2D eigenvalue weighted by Gasteiger charge is -2.12. The molecule has 0 unspecified atom stereocenters. The number of guanidine groups is 1. The standard InChI is InChI=1S/C13H21N5O4S2.HI/c1-14-13(16-8-9-23-2)15-6-7-17-24(21,22)12-5-3-4-11(10-12)18(19)20;/h3-5,10,17H,6-9H2,1-2H3,(H2,14,15,16);1H. The molecule has 25 heavy (non-hydrogen) atoms. The SMILES string of the molecule is CN=C(NCCNS(=O)(=O)c1cccc([N+](=O)[O-])c1)NCCSC.I. The van der Waals surface area contributed by atoms with E-state index in [0.717, 1.165) is 18.4 Å². The molecule has 0 aromatic heterocycles. The number of hydrogen-bond donors (Lipinski definition) is 3. The van der Waals surface area contributed by atoms with Crippen LogP contribution in [-0.2, 0) is 10.0 Å². The molecule has 0 aliphatic carbocycles. The molecule has 0 heterocycles. The van der Waals surface area contributed by atoms with Gasteiger partial charge in [-0.25, -0.2) is 13.1 Å². The molecular formula is C13H22IN5O4S2. The fourth-order valence-corrected chi connectivity index (χ4v) is 3.08. The number of non-ortho nitro benzene ring substituents is 1. The summed E-state index contributed by atoms with van der Waals surface area (Å²) in [6.07, 6.45) is 2.00. The summed E-state index contributed by atoms with van der Waals surface area (Å²) in [7, 11) is -2.17. The predicted molar refractivity (Wildman–Crippen MR) is 111 cm³/mol. The van der Waals surface area contributed by atoms with E-state index in [1.54, 1.807) is 18.8 Å². The maximum Gasteiger partial charge on any atom is 0.270 e. The highest BCUT2D eigenvalue weighted by atomic mass is 127. The Morgan fingerprint density at radius 2 is 1.96 bits per heavy atom. The zero-order chi connectivity index (χ0) is 18.0. The Balaban J connectivity index is 0.00000576. The predicted octanol–water partition coefficient (Wildman–Crippen LogP) is 1.02. The van der Waals surface area contributed by atoms with Crippen LogP contribution in [0.25, 0.3) is 0 Å². The van der Waals surface area contributed by atoms with Gasteiger partial charge in [-0.15, -0.1) is 24.0 Å². The lowest BCUT2D eigenvalue weighted by Crippen LogP contribution is -2.42. The average molecular weight is 503 g/mol. The van der Waals surface area contributed by atoms with Crippen LogP contribution in [0.3, 0.4) is 0 Å². The second-order valence-electron chi connectivity index (χ2n) is 4.57. The van der Waals surface area contributed by atoms with Crippen LogP contribution in [0, 0.1) is 10.1 Å². The lowest BCUT2D eigenvalue weighted by molar-refractivity contribution is -0.385. The van der Waals surface area contributed by atoms with E-state index in [-0.39, 0.29) is 41.1 Å². The number of hydrogen-bond acceptors (Lipinski definition) is 6. The van der Waals surface area contributed by atoms with Gasteiger partial charge < -0.3 is 10.6 Å². The van der Waals surface area contributed by atoms with Crippen molar-refractivity contribution in [1.29, 1.82) is 0 Å². The van der Waals surface area contributed by atoms with Gasteiger partial charge in [-0.2, -0.15) is 11.8 Å². The van der Waals surface area contributed by atoms with Crippen LogP contribution in [0.5, 0.6) is 0 Å². The van der Waals surface area contributed by atoms with Gasteiger partial charge in [0, 0.05) is 44.6 Å². The topological polar surface area (TPSA) is 126 Å². The van der Waals surface area contributed by atoms with E-state index in [1.807, 2.05) is 6.26 Å². The highest BCUT2D eigenvalue weighted by Gasteiger charge is 2.16. The van der Waals surface area contributed by atoms with Crippen molar-refractivity contribution in [3.63, 3.8) is 0 Å². The first kappa shape index (κ1) is 23.9. The molecule has 0 amide bonds. The van der Waals surface area contributed by atoms with Gasteiger partial charge in [0.05, 0.1) is 9.82 Å². The Bertz CT molecular complexity index is 685. The minimum absolute atomic E-state index is 0. The van der Waals surface area contributed by atoms with Gasteiger partial charge in [0.25, 0.3) is 5.69 Å². The molecule has 0 saturated heterocycles. The summed E-state index contributed by atoms with van der Waals surface area (Å²) in [6.45, 7) is 1.20. The molecule has 0 spiro atoms. The van der Waals surface area contributed by atoms with Gasteiger partial charge in [-0.1, -0.05) is 6.07 Å². The van der Waals surface area contributed by atoms with Gasteiger partial charge in [0.1, 0.15) is 0 Å². The van der Waals surface area contributed by atoms with Gasteiger partial charge in [-0.3, -0.25) is 15.1 Å². The monoisotopic (exact) mass is 503 g/mol. The van der Waals surface area contributed by atoms with Gasteiger partial charge in [0.15, 0.2) is 5.96 Å². The Morgan fingerprint density at radius 1 is 1.28 bits per heavy atom. The van der Waals surface area contributed by atoms with E-state index in [9.17, 15) is 18.5 Å². The summed E-state index contributed by atoms with van der Waals surface area (Å²) in [5, 5.41) is 16.8. The number of halogens is 1. The maximum atomic E-state index is 12.1. The Kier molecular flexibility index (Phi) is 11.7. The highest BCUT2D eigenvalue weighted by Crippen LogP contribution is 2.16. The largest absolute Gasteiger partial charge is 0.356 e. The van der Waals surface area contributed by atoms with E-state index in [4.69, 9.17) is 0 Å². The van der Waals surface area contributed by atoms with Crippen molar-refractivity contribution in [2.24, 2.45) is 4.99 Å². The number of sulfonamides is 1. The second kappa shape index (κ2) is 12.3. The molecule has 12 heteroatoms. The van der Waals surface area contributed by atoms with Crippen LogP contribution in [0.1, 0.15) is 0 Å². The summed E-state index contributed by atoms with van der Waals surface area (Å²) < 4.78 is 26.6.